The summed E-state index contributed by atoms with van der Waals surface area (Å²) in [5.41, 5.74) is 4.63. The molecule has 3 heterocycles. The van der Waals surface area contributed by atoms with Crippen LogP contribution in [0, 0.1) is 0 Å². The van der Waals surface area contributed by atoms with Gasteiger partial charge in [0.2, 0.25) is 0 Å². The molecule has 2 N–H and O–H groups in total. The molecule has 0 saturated heterocycles. The van der Waals surface area contributed by atoms with Gasteiger partial charge in [-0.3, -0.25) is 4.79 Å². The van der Waals surface area contributed by atoms with Gasteiger partial charge in [-0.25, -0.2) is 4.98 Å². The van der Waals surface area contributed by atoms with Crippen LogP contribution in [0.4, 0.5) is 11.4 Å². The van der Waals surface area contributed by atoms with Gasteiger partial charge < -0.3 is 15.2 Å². The van der Waals surface area contributed by atoms with Crippen molar-refractivity contribution in [2.24, 2.45) is 4.40 Å². The molecule has 8 nitrogen and oxygen atoms in total. The van der Waals surface area contributed by atoms with Crippen LogP contribution in [-0.4, -0.2) is 29.7 Å². The molecule has 0 spiro atoms. The number of hydrogen-bond donors (Lipinski definition) is 2. The number of fused-ring (bicyclic) bond motifs is 2. The molecule has 0 unspecified atom stereocenters. The van der Waals surface area contributed by atoms with Gasteiger partial charge in [-0.15, -0.1) is 4.40 Å². The molecule has 0 fully saturated rings. The number of anilines is 2. The Balaban J connectivity index is 1.13. The molecule has 36 heavy (non-hydrogen) atoms. The lowest BCUT2D eigenvalue weighted by atomic mass is 10.1. The minimum atomic E-state index is -3.70. The third-order valence-electron chi connectivity index (χ3n) is 6.45. The fourth-order valence-corrected chi connectivity index (χ4v) is 5.79. The van der Waals surface area contributed by atoms with Crippen molar-refractivity contribution in [3.8, 4) is 11.4 Å². The summed E-state index contributed by atoms with van der Waals surface area (Å²) in [7, 11) is -3.70. The number of amidine groups is 1. The number of amides is 1. The van der Waals surface area contributed by atoms with Crippen molar-refractivity contribution in [2.75, 3.05) is 10.6 Å². The van der Waals surface area contributed by atoms with Gasteiger partial charge in [0, 0.05) is 46.5 Å². The fourth-order valence-electron chi connectivity index (χ4n) is 4.61. The molecular formula is C27H23N5O3S. The van der Waals surface area contributed by atoms with Gasteiger partial charge in [-0.2, -0.15) is 8.42 Å². The molecule has 0 bridgehead atoms. The zero-order valence-corrected chi connectivity index (χ0v) is 20.1. The van der Waals surface area contributed by atoms with Crippen molar-refractivity contribution in [1.82, 2.24) is 9.55 Å². The lowest BCUT2D eigenvalue weighted by molar-refractivity contribution is 0.102. The molecule has 0 aliphatic carbocycles. The third-order valence-corrected chi connectivity index (χ3v) is 7.78. The first-order chi connectivity index (χ1) is 17.5. The molecule has 2 aliphatic rings. The molecular weight excluding hydrogens is 474 g/mol. The summed E-state index contributed by atoms with van der Waals surface area (Å²) in [5.74, 6) is 0.994. The van der Waals surface area contributed by atoms with E-state index in [1.165, 1.54) is 24.6 Å². The number of imidazole rings is 1. The Morgan fingerprint density at radius 2 is 1.64 bits per heavy atom. The number of nitrogens with zero attached hydrogens (tertiary/aromatic N) is 3. The number of carbonyl (C=O) groups excluding carboxylic acids is 1. The van der Waals surface area contributed by atoms with Gasteiger partial charge in [0.15, 0.2) is 5.84 Å². The highest BCUT2D eigenvalue weighted by Crippen LogP contribution is 2.28. The Bertz CT molecular complexity index is 1600. The zero-order chi connectivity index (χ0) is 24.7. The van der Waals surface area contributed by atoms with Crippen LogP contribution in [0.25, 0.3) is 11.4 Å². The molecule has 3 aromatic carbocycles. The minimum Gasteiger partial charge on any atom is -0.339 e. The number of nitrogens with one attached hydrogen (secondary N) is 2. The normalized spacial score (nSPS) is 15.5. The second-order valence-electron chi connectivity index (χ2n) is 8.83. The van der Waals surface area contributed by atoms with E-state index in [9.17, 15) is 13.2 Å². The summed E-state index contributed by atoms with van der Waals surface area (Å²) in [6, 6.07) is 21.2. The largest absolute Gasteiger partial charge is 0.339 e. The Morgan fingerprint density at radius 3 is 2.44 bits per heavy atom. The van der Waals surface area contributed by atoms with Crippen LogP contribution in [-0.2, 0) is 23.0 Å². The van der Waals surface area contributed by atoms with Gasteiger partial charge in [-0.1, -0.05) is 12.1 Å². The number of hydrogen-bond acceptors (Lipinski definition) is 5. The van der Waals surface area contributed by atoms with E-state index < -0.39 is 10.0 Å². The Labute approximate surface area is 208 Å². The van der Waals surface area contributed by atoms with E-state index >= 15 is 0 Å². The van der Waals surface area contributed by atoms with E-state index in [2.05, 4.69) is 24.6 Å². The molecule has 1 aromatic heterocycles. The number of benzene rings is 3. The van der Waals surface area contributed by atoms with Crippen molar-refractivity contribution in [1.29, 1.82) is 0 Å². The van der Waals surface area contributed by atoms with E-state index in [1.54, 1.807) is 42.5 Å². The summed E-state index contributed by atoms with van der Waals surface area (Å²) in [6.07, 6.45) is 5.40. The van der Waals surface area contributed by atoms with Crippen LogP contribution < -0.4 is 10.6 Å². The van der Waals surface area contributed by atoms with E-state index in [4.69, 9.17) is 0 Å². The van der Waals surface area contributed by atoms with Crippen molar-refractivity contribution in [3.63, 3.8) is 0 Å². The SMILES string of the molecule is O=C(Nc1ccc(-c2ncc3n2CCCC3)cc1)c1ccc(NC2=NS(=O)(=O)c3ccccc32)cc1. The van der Waals surface area contributed by atoms with Crippen molar-refractivity contribution in [3.05, 3.63) is 95.8 Å². The number of aromatic nitrogens is 2. The maximum atomic E-state index is 12.8. The van der Waals surface area contributed by atoms with Crippen LogP contribution in [0.3, 0.4) is 0 Å². The molecule has 2 aliphatic heterocycles. The lowest BCUT2D eigenvalue weighted by Gasteiger charge is -2.16. The summed E-state index contributed by atoms with van der Waals surface area (Å²) in [6.45, 7) is 0.990. The topological polar surface area (TPSA) is 105 Å². The lowest BCUT2D eigenvalue weighted by Crippen LogP contribution is -2.13. The average Bonchev–Trinajstić information content (AvgIpc) is 3.44. The zero-order valence-electron chi connectivity index (χ0n) is 19.3. The highest BCUT2D eigenvalue weighted by Gasteiger charge is 2.28. The van der Waals surface area contributed by atoms with Gasteiger partial charge in [-0.05, 0) is 79.9 Å². The second-order valence-corrected chi connectivity index (χ2v) is 10.4. The van der Waals surface area contributed by atoms with E-state index in [0.717, 1.165) is 24.4 Å². The van der Waals surface area contributed by atoms with Gasteiger partial charge >= 0.3 is 0 Å². The number of carbonyl (C=O) groups is 1. The molecule has 9 heteroatoms. The van der Waals surface area contributed by atoms with Crippen molar-refractivity contribution < 1.29 is 13.2 Å². The molecule has 0 atom stereocenters. The molecule has 0 saturated carbocycles. The quantitative estimate of drug-likeness (QED) is 0.425. The monoisotopic (exact) mass is 497 g/mol. The smallest absolute Gasteiger partial charge is 0.285 e. The van der Waals surface area contributed by atoms with E-state index in [-0.39, 0.29) is 16.6 Å². The van der Waals surface area contributed by atoms with E-state index in [1.807, 2.05) is 30.5 Å². The van der Waals surface area contributed by atoms with Gasteiger partial charge in [0.25, 0.3) is 15.9 Å². The van der Waals surface area contributed by atoms with E-state index in [0.29, 0.717) is 22.5 Å². The number of sulfonamides is 1. The van der Waals surface area contributed by atoms with Crippen LogP contribution in [0.15, 0.2) is 88.3 Å². The van der Waals surface area contributed by atoms with Crippen LogP contribution in [0.5, 0.6) is 0 Å². The molecule has 6 rings (SSSR count). The molecule has 1 amide bonds. The summed E-state index contributed by atoms with van der Waals surface area (Å²) in [4.78, 5) is 17.6. The molecule has 180 valence electrons. The predicted octanol–water partition coefficient (Wildman–Crippen LogP) is 4.70. The highest BCUT2D eigenvalue weighted by molar-refractivity contribution is 7.90. The third kappa shape index (κ3) is 4.07. The fraction of sp³-hybridized carbons (Fsp3) is 0.148. The minimum absolute atomic E-state index is 0.183. The Morgan fingerprint density at radius 1 is 0.889 bits per heavy atom. The first kappa shape index (κ1) is 22.2. The standard InChI is InChI=1S/C27H23N5O3S/c33-27(30-21-12-8-18(9-13-21)26-28-17-22-5-3-4-16-32(22)26)19-10-14-20(15-11-19)29-25-23-6-1-2-7-24(23)36(34,35)31-25/h1-2,6-15,17H,3-5,16H2,(H,29,31)(H,30,33). The summed E-state index contributed by atoms with van der Waals surface area (Å²) < 4.78 is 30.6. The Hall–Kier alpha value is -4.24. The van der Waals surface area contributed by atoms with Crippen LogP contribution >= 0.6 is 0 Å². The van der Waals surface area contributed by atoms with Crippen molar-refractivity contribution in [2.45, 2.75) is 30.7 Å². The number of rotatable bonds is 4. The second kappa shape index (κ2) is 8.76. The predicted molar refractivity (Wildman–Crippen MR) is 139 cm³/mol. The van der Waals surface area contributed by atoms with Gasteiger partial charge in [0.1, 0.15) is 10.7 Å². The van der Waals surface area contributed by atoms with Gasteiger partial charge in [0.05, 0.1) is 0 Å². The number of aryl methyl sites for hydroxylation is 1. The summed E-state index contributed by atoms with van der Waals surface area (Å²) >= 11 is 0. The average molecular weight is 498 g/mol. The van der Waals surface area contributed by atoms with Crippen molar-refractivity contribution >= 4 is 33.1 Å². The molecule has 0 radical (unpaired) electrons. The van der Waals surface area contributed by atoms with Crippen LogP contribution in [0.1, 0.15) is 34.5 Å². The molecule has 4 aromatic rings. The first-order valence-electron chi connectivity index (χ1n) is 11.8. The Kier molecular flexibility index (Phi) is 5.41. The highest BCUT2D eigenvalue weighted by atomic mass is 32.2. The first-order valence-corrected chi connectivity index (χ1v) is 13.2. The maximum absolute atomic E-state index is 12.8. The maximum Gasteiger partial charge on any atom is 0.285 e. The summed E-state index contributed by atoms with van der Waals surface area (Å²) in [5, 5.41) is 5.96. The van der Waals surface area contributed by atoms with Crippen LogP contribution in [0.2, 0.25) is 0 Å².